The second-order valence-corrected chi connectivity index (χ2v) is 10.8. The van der Waals surface area contributed by atoms with Gasteiger partial charge in [-0.25, -0.2) is 24.0 Å². The third-order valence-corrected chi connectivity index (χ3v) is 6.76. The van der Waals surface area contributed by atoms with Crippen LogP contribution in [-0.4, -0.2) is 53.9 Å². The van der Waals surface area contributed by atoms with Crippen molar-refractivity contribution in [3.05, 3.63) is 108 Å². The molecule has 0 aliphatic carbocycles. The first-order valence-electron chi connectivity index (χ1n) is 14.6. The van der Waals surface area contributed by atoms with Crippen LogP contribution >= 0.6 is 0 Å². The number of hydrogen-bond acceptors (Lipinski definition) is 9. The molecule has 12 heteroatoms. The Hall–Kier alpha value is -5.39. The van der Waals surface area contributed by atoms with Crippen LogP contribution < -0.4 is 10.6 Å². The summed E-state index contributed by atoms with van der Waals surface area (Å²) in [6, 6.07) is 23.1. The molecule has 2 unspecified atom stereocenters. The number of carbonyl (C=O) groups excluding carboxylic acids is 4. The van der Waals surface area contributed by atoms with Crippen molar-refractivity contribution in [1.29, 1.82) is 0 Å². The van der Waals surface area contributed by atoms with Gasteiger partial charge in [-0.3, -0.25) is 0 Å². The molecule has 3 rings (SSSR count). The van der Waals surface area contributed by atoms with Crippen LogP contribution in [0.2, 0.25) is 0 Å². The second kappa shape index (κ2) is 17.8. The largest absolute Gasteiger partial charge is 0.478 e. The van der Waals surface area contributed by atoms with Gasteiger partial charge in [-0.2, -0.15) is 0 Å². The van der Waals surface area contributed by atoms with Crippen molar-refractivity contribution in [2.45, 2.75) is 52.2 Å². The van der Waals surface area contributed by atoms with E-state index in [0.29, 0.717) is 5.56 Å². The first-order chi connectivity index (χ1) is 22.0. The molecular weight excluding hydrogens is 596 g/mol. The van der Waals surface area contributed by atoms with Crippen LogP contribution in [0.5, 0.6) is 0 Å². The van der Waals surface area contributed by atoms with E-state index < -0.39 is 60.8 Å². The first-order valence-corrected chi connectivity index (χ1v) is 14.6. The Kier molecular flexibility index (Phi) is 13.6. The summed E-state index contributed by atoms with van der Waals surface area (Å²) in [7, 11) is 0. The van der Waals surface area contributed by atoms with Gasteiger partial charge in [0, 0.05) is 11.5 Å². The maximum atomic E-state index is 13.3. The summed E-state index contributed by atoms with van der Waals surface area (Å²) in [6.07, 6.45) is -3.46. The highest BCUT2D eigenvalue weighted by Gasteiger charge is 2.35. The van der Waals surface area contributed by atoms with Gasteiger partial charge in [0.25, 0.3) is 0 Å². The molecule has 3 N–H and O–H groups in total. The molecule has 244 valence electrons. The molecule has 3 aromatic carbocycles. The van der Waals surface area contributed by atoms with Crippen LogP contribution in [0, 0.1) is 11.8 Å². The van der Waals surface area contributed by atoms with Gasteiger partial charge in [-0.15, -0.1) is 0 Å². The monoisotopic (exact) mass is 634 g/mol. The summed E-state index contributed by atoms with van der Waals surface area (Å²) >= 11 is 0. The molecule has 0 aliphatic rings. The lowest BCUT2D eigenvalue weighted by atomic mass is 10.0. The van der Waals surface area contributed by atoms with Crippen LogP contribution in [0.3, 0.4) is 0 Å². The highest BCUT2D eigenvalue weighted by Crippen LogP contribution is 2.20. The van der Waals surface area contributed by atoms with Gasteiger partial charge in [0.1, 0.15) is 25.3 Å². The van der Waals surface area contributed by atoms with E-state index in [2.05, 4.69) is 10.6 Å². The van der Waals surface area contributed by atoms with Gasteiger partial charge in [0.15, 0.2) is 0 Å². The maximum absolute atomic E-state index is 13.3. The summed E-state index contributed by atoms with van der Waals surface area (Å²) in [5.74, 6) is -4.61. The molecule has 12 nitrogen and oxygen atoms in total. The molecule has 0 saturated carbocycles. The minimum absolute atomic E-state index is 0.000276. The number of carbonyl (C=O) groups is 5. The highest BCUT2D eigenvalue weighted by molar-refractivity contribution is 5.85. The zero-order valence-electron chi connectivity index (χ0n) is 25.8. The van der Waals surface area contributed by atoms with Crippen molar-refractivity contribution in [1.82, 2.24) is 10.6 Å². The highest BCUT2D eigenvalue weighted by atomic mass is 16.6. The standard InChI is InChI=1S/C34H38N2O10/c1-22(2)27(35-33(41)44-20-24-13-7-4-8-14-24)31(39)43-19-23(3)28(36-34(42)45-21-25-15-9-5-10-16-25)32(40)46-29(30(37)38)26-17-11-6-12-18-26/h4-18,22-23,27-29H,19-21H2,1-3H3,(H,35,41)(H,36,42)(H,37,38)/t23?,27-,28-,29?/m0/s1. The van der Waals surface area contributed by atoms with Crippen LogP contribution in [-0.2, 0) is 46.5 Å². The van der Waals surface area contributed by atoms with E-state index >= 15 is 0 Å². The first kappa shape index (κ1) is 35.1. The number of carboxylic acid groups (broad SMARTS) is 1. The van der Waals surface area contributed by atoms with E-state index in [0.717, 1.165) is 5.56 Å². The summed E-state index contributed by atoms with van der Waals surface area (Å²) < 4.78 is 21.2. The number of amides is 2. The Bertz CT molecular complexity index is 1430. The average Bonchev–Trinajstić information content (AvgIpc) is 3.06. The molecule has 2 amide bonds. The topological polar surface area (TPSA) is 167 Å². The fourth-order valence-corrected chi connectivity index (χ4v) is 4.19. The Morgan fingerprint density at radius 3 is 1.54 bits per heavy atom. The van der Waals surface area contributed by atoms with E-state index in [1.807, 2.05) is 6.07 Å². The molecule has 0 aromatic heterocycles. The van der Waals surface area contributed by atoms with Crippen molar-refractivity contribution in [2.75, 3.05) is 6.61 Å². The Labute approximate surface area is 267 Å². The fourth-order valence-electron chi connectivity index (χ4n) is 4.19. The minimum Gasteiger partial charge on any atom is -0.478 e. The molecular formula is C34H38N2O10. The Balaban J connectivity index is 1.67. The van der Waals surface area contributed by atoms with E-state index in [-0.39, 0.29) is 24.7 Å². The summed E-state index contributed by atoms with van der Waals surface area (Å²) in [5, 5.41) is 14.7. The van der Waals surface area contributed by atoms with E-state index in [1.54, 1.807) is 86.6 Å². The van der Waals surface area contributed by atoms with Crippen LogP contribution in [0.4, 0.5) is 9.59 Å². The predicted octanol–water partition coefficient (Wildman–Crippen LogP) is 4.78. The lowest BCUT2D eigenvalue weighted by Gasteiger charge is -2.26. The molecule has 0 saturated heterocycles. The third-order valence-electron chi connectivity index (χ3n) is 6.76. The smallest absolute Gasteiger partial charge is 0.408 e. The number of esters is 2. The Morgan fingerprint density at radius 1 is 0.630 bits per heavy atom. The van der Waals surface area contributed by atoms with E-state index in [1.165, 1.54) is 19.1 Å². The zero-order chi connectivity index (χ0) is 33.5. The molecule has 3 aromatic rings. The molecule has 0 heterocycles. The quantitative estimate of drug-likeness (QED) is 0.156. The van der Waals surface area contributed by atoms with Crippen molar-refractivity contribution >= 4 is 30.1 Å². The van der Waals surface area contributed by atoms with Crippen molar-refractivity contribution in [3.63, 3.8) is 0 Å². The lowest BCUT2D eigenvalue weighted by Crippen LogP contribution is -2.49. The van der Waals surface area contributed by atoms with Gasteiger partial charge in [-0.05, 0) is 17.0 Å². The van der Waals surface area contributed by atoms with Gasteiger partial charge in [-0.1, -0.05) is 112 Å². The van der Waals surface area contributed by atoms with Crippen molar-refractivity contribution in [3.8, 4) is 0 Å². The number of ether oxygens (including phenoxy) is 4. The number of nitrogens with one attached hydrogen (secondary N) is 2. The number of aliphatic carboxylic acids is 1. The molecule has 46 heavy (non-hydrogen) atoms. The van der Waals surface area contributed by atoms with Gasteiger partial charge in [0.2, 0.25) is 6.10 Å². The normalized spacial score (nSPS) is 13.3. The zero-order valence-corrected chi connectivity index (χ0v) is 25.8. The molecule has 0 fully saturated rings. The molecule has 4 atom stereocenters. The number of rotatable bonds is 15. The van der Waals surface area contributed by atoms with Crippen LogP contribution in [0.1, 0.15) is 43.6 Å². The third kappa shape index (κ3) is 11.3. The predicted molar refractivity (Wildman–Crippen MR) is 165 cm³/mol. The van der Waals surface area contributed by atoms with Gasteiger partial charge >= 0.3 is 30.1 Å². The minimum atomic E-state index is -1.66. The van der Waals surface area contributed by atoms with Gasteiger partial charge < -0.3 is 34.7 Å². The summed E-state index contributed by atoms with van der Waals surface area (Å²) in [4.78, 5) is 63.5. The number of hydrogen-bond donors (Lipinski definition) is 3. The molecule has 0 bridgehead atoms. The van der Waals surface area contributed by atoms with Gasteiger partial charge in [0.05, 0.1) is 6.61 Å². The van der Waals surface area contributed by atoms with Crippen molar-refractivity contribution in [2.24, 2.45) is 11.8 Å². The fraction of sp³-hybridized carbons (Fsp3) is 0.324. The Morgan fingerprint density at radius 2 is 1.09 bits per heavy atom. The molecule has 0 radical (unpaired) electrons. The molecule has 0 spiro atoms. The second-order valence-electron chi connectivity index (χ2n) is 10.8. The summed E-state index contributed by atoms with van der Waals surface area (Å²) in [6.45, 7) is 4.41. The lowest BCUT2D eigenvalue weighted by molar-refractivity contribution is -0.167. The molecule has 0 aliphatic heterocycles. The average molecular weight is 635 g/mol. The number of carboxylic acids is 1. The van der Waals surface area contributed by atoms with Crippen molar-refractivity contribution < 1.29 is 48.0 Å². The summed E-state index contributed by atoms with van der Waals surface area (Å²) in [5.41, 5.74) is 1.67. The SMILES string of the molecule is CC(C)[C@H](NC(=O)OCc1ccccc1)C(=O)OCC(C)[C@H](NC(=O)OCc1ccccc1)C(=O)OC(C(=O)O)c1ccccc1. The number of benzene rings is 3. The number of alkyl carbamates (subject to hydrolysis) is 2. The van der Waals surface area contributed by atoms with Crippen LogP contribution in [0.25, 0.3) is 0 Å². The maximum Gasteiger partial charge on any atom is 0.408 e. The van der Waals surface area contributed by atoms with E-state index in [9.17, 15) is 29.1 Å². The van der Waals surface area contributed by atoms with E-state index in [4.69, 9.17) is 18.9 Å². The van der Waals surface area contributed by atoms with Crippen LogP contribution in [0.15, 0.2) is 91.0 Å².